The summed E-state index contributed by atoms with van der Waals surface area (Å²) in [6.45, 7) is 6.41. The van der Waals surface area contributed by atoms with Crippen LogP contribution < -0.4 is 15.5 Å². The van der Waals surface area contributed by atoms with Gasteiger partial charge >= 0.3 is 6.03 Å². The first kappa shape index (κ1) is 25.5. The van der Waals surface area contributed by atoms with E-state index in [9.17, 15) is 4.79 Å². The zero-order chi connectivity index (χ0) is 25.7. The predicted octanol–water partition coefficient (Wildman–Crippen LogP) is 7.55. The first-order valence-corrected chi connectivity index (χ1v) is 12.5. The number of aryl methyl sites for hydroxylation is 2. The fourth-order valence-corrected chi connectivity index (χ4v) is 4.26. The van der Waals surface area contributed by atoms with E-state index in [1.54, 1.807) is 6.21 Å². The molecule has 0 atom stereocenters. The maximum absolute atomic E-state index is 12.2. The Morgan fingerprint density at radius 2 is 1.81 bits per heavy atom. The third-order valence-electron chi connectivity index (χ3n) is 5.70. The molecule has 6 nitrogen and oxygen atoms in total. The number of amides is 2. The maximum Gasteiger partial charge on any atom is 0.339 e. The first-order chi connectivity index (χ1) is 17.3. The van der Waals surface area contributed by atoms with Gasteiger partial charge in [0.2, 0.25) is 0 Å². The number of halogens is 2. The molecule has 4 aromatic rings. The second-order valence-electron chi connectivity index (χ2n) is 8.32. The van der Waals surface area contributed by atoms with Crippen LogP contribution in [0.4, 0.5) is 10.5 Å². The second kappa shape index (κ2) is 11.5. The van der Waals surface area contributed by atoms with Gasteiger partial charge in [0.1, 0.15) is 12.4 Å². The summed E-state index contributed by atoms with van der Waals surface area (Å²) in [5, 5.41) is 7.59. The molecule has 0 aliphatic rings. The van der Waals surface area contributed by atoms with Crippen molar-refractivity contribution in [2.24, 2.45) is 5.10 Å². The minimum absolute atomic E-state index is 0.406. The van der Waals surface area contributed by atoms with Crippen molar-refractivity contribution in [1.82, 2.24) is 9.99 Å². The second-order valence-corrected chi connectivity index (χ2v) is 9.59. The van der Waals surface area contributed by atoms with Gasteiger partial charge in [-0.2, -0.15) is 5.10 Å². The quantitative estimate of drug-likeness (QED) is 0.179. The smallest absolute Gasteiger partial charge is 0.339 e. The van der Waals surface area contributed by atoms with E-state index < -0.39 is 6.03 Å². The van der Waals surface area contributed by atoms with Gasteiger partial charge in [-0.15, -0.1) is 0 Å². The number of ether oxygens (including phenoxy) is 1. The Morgan fingerprint density at radius 3 is 2.53 bits per heavy atom. The van der Waals surface area contributed by atoms with Gasteiger partial charge in [-0.3, -0.25) is 0 Å². The fraction of sp³-hybridized carbons (Fsp3) is 0.143. The van der Waals surface area contributed by atoms with E-state index in [4.69, 9.17) is 16.3 Å². The normalized spacial score (nSPS) is 11.0. The molecule has 0 fully saturated rings. The number of urea groups is 1. The maximum atomic E-state index is 12.2. The molecule has 2 amide bonds. The molecule has 0 unspecified atom stereocenters. The van der Waals surface area contributed by atoms with E-state index in [0.29, 0.717) is 17.3 Å². The standard InChI is InChI=1S/C28H26BrClN4O2/c1-18-14-23(8-13-26(18)29)32-28(35)33-31-16-22-15-19(2)34(20(22)3)24-9-11-25(12-10-24)36-17-21-6-4-5-7-27(21)30/h4-16H,17H2,1-3H3,(H2,32,33,35)/b31-16+. The monoisotopic (exact) mass is 564 g/mol. The Morgan fingerprint density at radius 1 is 1.06 bits per heavy atom. The van der Waals surface area contributed by atoms with Gasteiger partial charge in [-0.1, -0.05) is 45.7 Å². The Balaban J connectivity index is 1.39. The third kappa shape index (κ3) is 6.17. The summed E-state index contributed by atoms with van der Waals surface area (Å²) in [6, 6.07) is 22.8. The molecule has 1 heterocycles. The van der Waals surface area contributed by atoms with E-state index in [2.05, 4.69) is 36.3 Å². The molecule has 0 aliphatic heterocycles. The molecule has 2 N–H and O–H groups in total. The molecule has 0 bridgehead atoms. The summed E-state index contributed by atoms with van der Waals surface area (Å²) < 4.78 is 9.01. The highest BCUT2D eigenvalue weighted by Gasteiger charge is 2.10. The lowest BCUT2D eigenvalue weighted by molar-refractivity contribution is 0.252. The van der Waals surface area contributed by atoms with Crippen molar-refractivity contribution in [3.05, 3.63) is 110 Å². The Kier molecular flexibility index (Phi) is 8.13. The van der Waals surface area contributed by atoms with Crippen LogP contribution in [0.2, 0.25) is 5.02 Å². The summed E-state index contributed by atoms with van der Waals surface area (Å²) in [7, 11) is 0. The summed E-state index contributed by atoms with van der Waals surface area (Å²) in [4.78, 5) is 12.2. The zero-order valence-electron chi connectivity index (χ0n) is 20.2. The van der Waals surface area contributed by atoms with Gasteiger partial charge in [-0.25, -0.2) is 10.2 Å². The van der Waals surface area contributed by atoms with Crippen molar-refractivity contribution in [2.45, 2.75) is 27.4 Å². The zero-order valence-corrected chi connectivity index (χ0v) is 22.5. The van der Waals surface area contributed by atoms with Crippen LogP contribution in [-0.2, 0) is 6.61 Å². The Labute approximate surface area is 224 Å². The molecule has 0 spiro atoms. The average Bonchev–Trinajstić information content (AvgIpc) is 3.14. The molecule has 36 heavy (non-hydrogen) atoms. The number of benzene rings is 3. The van der Waals surface area contributed by atoms with Crippen LogP contribution in [0.5, 0.6) is 5.75 Å². The lowest BCUT2D eigenvalue weighted by Gasteiger charge is -2.12. The summed E-state index contributed by atoms with van der Waals surface area (Å²) in [5.41, 5.74) is 9.16. The van der Waals surface area contributed by atoms with E-state index >= 15 is 0 Å². The van der Waals surface area contributed by atoms with Gasteiger partial charge in [0.25, 0.3) is 0 Å². The highest BCUT2D eigenvalue weighted by atomic mass is 79.9. The highest BCUT2D eigenvalue weighted by molar-refractivity contribution is 9.10. The summed E-state index contributed by atoms with van der Waals surface area (Å²) >= 11 is 9.66. The summed E-state index contributed by atoms with van der Waals surface area (Å²) in [6.07, 6.45) is 1.65. The number of aromatic nitrogens is 1. The number of hydrogen-bond acceptors (Lipinski definition) is 3. The number of anilines is 1. The van der Waals surface area contributed by atoms with E-state index in [0.717, 1.165) is 44.0 Å². The molecule has 0 radical (unpaired) electrons. The van der Waals surface area contributed by atoms with Crippen LogP contribution >= 0.6 is 27.5 Å². The molecule has 4 rings (SSSR count). The van der Waals surface area contributed by atoms with E-state index in [1.807, 2.05) is 93.6 Å². The van der Waals surface area contributed by atoms with E-state index in [-0.39, 0.29) is 0 Å². The van der Waals surface area contributed by atoms with Crippen LogP contribution in [0.15, 0.2) is 82.4 Å². The SMILES string of the molecule is Cc1cc(NC(=O)N/N=C/c2cc(C)n(-c3ccc(OCc4ccccc4Cl)cc3)c2C)ccc1Br. The minimum Gasteiger partial charge on any atom is -0.489 e. The van der Waals surface area contributed by atoms with E-state index in [1.165, 1.54) is 0 Å². The molecule has 1 aromatic heterocycles. The number of rotatable bonds is 7. The van der Waals surface area contributed by atoms with Crippen molar-refractivity contribution in [3.63, 3.8) is 0 Å². The van der Waals surface area contributed by atoms with Gasteiger partial charge < -0.3 is 14.6 Å². The first-order valence-electron chi connectivity index (χ1n) is 11.3. The Hall–Kier alpha value is -3.55. The average molecular weight is 566 g/mol. The number of nitrogens with zero attached hydrogens (tertiary/aromatic N) is 2. The Bertz CT molecular complexity index is 1410. The molecule has 0 aliphatic carbocycles. The number of carbonyl (C=O) groups is 1. The number of nitrogens with one attached hydrogen (secondary N) is 2. The van der Waals surface area contributed by atoms with Crippen LogP contribution in [0, 0.1) is 20.8 Å². The van der Waals surface area contributed by atoms with Crippen LogP contribution in [0.3, 0.4) is 0 Å². The molecular formula is C28H26BrClN4O2. The molecule has 8 heteroatoms. The number of hydrogen-bond donors (Lipinski definition) is 2. The number of carbonyl (C=O) groups excluding carboxylic acids is 1. The van der Waals surface area contributed by atoms with Crippen molar-refractivity contribution in [3.8, 4) is 11.4 Å². The van der Waals surface area contributed by atoms with Crippen molar-refractivity contribution in [2.75, 3.05) is 5.32 Å². The predicted molar refractivity (Wildman–Crippen MR) is 150 cm³/mol. The molecular weight excluding hydrogens is 540 g/mol. The molecule has 0 saturated heterocycles. The molecule has 0 saturated carbocycles. The van der Waals surface area contributed by atoms with Crippen LogP contribution in [0.25, 0.3) is 5.69 Å². The topological polar surface area (TPSA) is 67.7 Å². The van der Waals surface area contributed by atoms with Crippen molar-refractivity contribution >= 4 is 45.5 Å². The third-order valence-corrected chi connectivity index (χ3v) is 6.96. The number of hydrazone groups is 1. The van der Waals surface area contributed by atoms with Crippen molar-refractivity contribution < 1.29 is 9.53 Å². The lowest BCUT2D eigenvalue weighted by atomic mass is 10.2. The van der Waals surface area contributed by atoms with Crippen LogP contribution in [-0.4, -0.2) is 16.8 Å². The molecule has 3 aromatic carbocycles. The minimum atomic E-state index is -0.408. The largest absolute Gasteiger partial charge is 0.489 e. The summed E-state index contributed by atoms with van der Waals surface area (Å²) in [5.74, 6) is 0.763. The van der Waals surface area contributed by atoms with Crippen molar-refractivity contribution in [1.29, 1.82) is 0 Å². The molecule has 184 valence electrons. The van der Waals surface area contributed by atoms with Gasteiger partial charge in [-0.05, 0) is 80.9 Å². The fourth-order valence-electron chi connectivity index (χ4n) is 3.83. The van der Waals surface area contributed by atoms with Gasteiger partial charge in [0.05, 0.1) is 6.21 Å². The van der Waals surface area contributed by atoms with Gasteiger partial charge in [0, 0.05) is 43.4 Å². The highest BCUT2D eigenvalue weighted by Crippen LogP contribution is 2.24. The lowest BCUT2D eigenvalue weighted by Crippen LogP contribution is -2.24. The van der Waals surface area contributed by atoms with Crippen LogP contribution in [0.1, 0.15) is 28.1 Å². The van der Waals surface area contributed by atoms with Gasteiger partial charge in [0.15, 0.2) is 0 Å².